The second kappa shape index (κ2) is 5.92. The lowest BCUT2D eigenvalue weighted by atomic mass is 10.0. The van der Waals surface area contributed by atoms with Gasteiger partial charge in [0.2, 0.25) is 0 Å². The molecule has 2 nitrogen and oxygen atoms in total. The number of methoxy groups -OCH3 is 1. The van der Waals surface area contributed by atoms with Gasteiger partial charge in [-0.3, -0.25) is 5.32 Å². The zero-order valence-electron chi connectivity index (χ0n) is 10.8. The van der Waals surface area contributed by atoms with Crippen molar-refractivity contribution in [1.29, 1.82) is 0 Å². The number of rotatable bonds is 4. The molecule has 0 amide bonds. The number of nitrogens with one attached hydrogen (secondary N) is 1. The molecule has 1 saturated carbocycles. The zero-order valence-corrected chi connectivity index (χ0v) is 10.8. The van der Waals surface area contributed by atoms with Gasteiger partial charge in [0.15, 0.2) is 0 Å². The Morgan fingerprint density at radius 2 is 1.89 bits per heavy atom. The van der Waals surface area contributed by atoms with E-state index in [1.165, 1.54) is 12.1 Å². The Bertz CT molecular complexity index is 393. The molecule has 19 heavy (non-hydrogen) atoms. The predicted molar refractivity (Wildman–Crippen MR) is 66.8 cm³/mol. The van der Waals surface area contributed by atoms with Crippen LogP contribution in [0.25, 0.3) is 0 Å². The molecular weight excluding hydrogens is 255 g/mol. The molecule has 0 aromatic heterocycles. The largest absolute Gasteiger partial charge is 0.407 e. The lowest BCUT2D eigenvalue weighted by Gasteiger charge is -2.28. The van der Waals surface area contributed by atoms with E-state index in [0.717, 1.165) is 19.3 Å². The van der Waals surface area contributed by atoms with Crippen molar-refractivity contribution in [1.82, 2.24) is 5.32 Å². The molecule has 2 rings (SSSR count). The van der Waals surface area contributed by atoms with Crippen molar-refractivity contribution in [3.8, 4) is 0 Å². The molecule has 0 radical (unpaired) electrons. The second-order valence-electron chi connectivity index (χ2n) is 4.86. The fourth-order valence-corrected chi connectivity index (χ4v) is 2.64. The van der Waals surface area contributed by atoms with E-state index in [2.05, 4.69) is 5.32 Å². The van der Waals surface area contributed by atoms with Gasteiger partial charge < -0.3 is 4.74 Å². The van der Waals surface area contributed by atoms with E-state index in [-0.39, 0.29) is 17.7 Å². The number of benzene rings is 1. The van der Waals surface area contributed by atoms with Crippen LogP contribution < -0.4 is 5.32 Å². The summed E-state index contributed by atoms with van der Waals surface area (Å²) in [6, 6.07) is 6.09. The van der Waals surface area contributed by atoms with Crippen molar-refractivity contribution < 1.29 is 17.9 Å². The summed E-state index contributed by atoms with van der Waals surface area (Å²) >= 11 is 0. The standard InChI is InChI=1S/C14H18F3NO/c1-19-12-9-5-8-11(12)18-13(14(15,16)17)10-6-3-2-4-7-10/h2-4,6-7,11-13,18H,5,8-9H2,1H3. The average molecular weight is 273 g/mol. The molecule has 1 aromatic carbocycles. The topological polar surface area (TPSA) is 21.3 Å². The summed E-state index contributed by atoms with van der Waals surface area (Å²) in [6.45, 7) is 0. The van der Waals surface area contributed by atoms with Crippen LogP contribution in [0, 0.1) is 0 Å². The van der Waals surface area contributed by atoms with Gasteiger partial charge in [-0.2, -0.15) is 13.2 Å². The SMILES string of the molecule is COC1CCCC1NC(c1ccccc1)C(F)(F)F. The summed E-state index contributed by atoms with van der Waals surface area (Å²) in [7, 11) is 1.55. The highest BCUT2D eigenvalue weighted by molar-refractivity contribution is 5.20. The van der Waals surface area contributed by atoms with Crippen LogP contribution in [0.1, 0.15) is 30.9 Å². The van der Waals surface area contributed by atoms with Crippen molar-refractivity contribution in [3.63, 3.8) is 0 Å². The van der Waals surface area contributed by atoms with Crippen LogP contribution in [0.4, 0.5) is 13.2 Å². The molecule has 3 atom stereocenters. The molecule has 1 aliphatic rings. The van der Waals surface area contributed by atoms with Crippen LogP contribution in [0.5, 0.6) is 0 Å². The van der Waals surface area contributed by atoms with Gasteiger partial charge in [0.1, 0.15) is 6.04 Å². The summed E-state index contributed by atoms with van der Waals surface area (Å²) in [6.07, 6.45) is -2.00. The molecule has 1 N–H and O–H groups in total. The van der Waals surface area contributed by atoms with E-state index in [1.807, 2.05) is 0 Å². The quantitative estimate of drug-likeness (QED) is 0.907. The van der Waals surface area contributed by atoms with Crippen molar-refractivity contribution >= 4 is 0 Å². The number of hydrogen-bond donors (Lipinski definition) is 1. The molecule has 1 aromatic rings. The Balaban J connectivity index is 2.16. The van der Waals surface area contributed by atoms with Crippen LogP contribution in [-0.4, -0.2) is 25.4 Å². The zero-order chi connectivity index (χ0) is 13.9. The van der Waals surface area contributed by atoms with Gasteiger partial charge in [-0.05, 0) is 24.8 Å². The Morgan fingerprint density at radius 3 is 2.47 bits per heavy atom. The monoisotopic (exact) mass is 273 g/mol. The second-order valence-corrected chi connectivity index (χ2v) is 4.86. The first-order valence-corrected chi connectivity index (χ1v) is 6.43. The lowest BCUT2D eigenvalue weighted by molar-refractivity contribution is -0.161. The molecule has 0 spiro atoms. The third-order valence-corrected chi connectivity index (χ3v) is 3.60. The van der Waals surface area contributed by atoms with Gasteiger partial charge in [0.05, 0.1) is 6.10 Å². The third kappa shape index (κ3) is 3.48. The molecule has 1 aliphatic carbocycles. The summed E-state index contributed by atoms with van der Waals surface area (Å²) < 4.78 is 44.8. The van der Waals surface area contributed by atoms with Crippen LogP contribution >= 0.6 is 0 Å². The van der Waals surface area contributed by atoms with Crippen molar-refractivity contribution in [2.24, 2.45) is 0 Å². The average Bonchev–Trinajstić information content (AvgIpc) is 2.83. The van der Waals surface area contributed by atoms with Crippen molar-refractivity contribution in [2.75, 3.05) is 7.11 Å². The van der Waals surface area contributed by atoms with E-state index in [0.29, 0.717) is 0 Å². The minimum atomic E-state index is -4.30. The van der Waals surface area contributed by atoms with Crippen LogP contribution in [-0.2, 0) is 4.74 Å². The molecule has 0 aliphatic heterocycles. The molecule has 1 fully saturated rings. The number of halogens is 3. The number of hydrogen-bond acceptors (Lipinski definition) is 2. The number of ether oxygens (including phenoxy) is 1. The smallest absolute Gasteiger partial charge is 0.380 e. The maximum absolute atomic E-state index is 13.2. The minimum Gasteiger partial charge on any atom is -0.380 e. The van der Waals surface area contributed by atoms with Crippen molar-refractivity contribution in [2.45, 2.75) is 43.6 Å². The van der Waals surface area contributed by atoms with Crippen LogP contribution in [0.15, 0.2) is 30.3 Å². The molecule has 0 heterocycles. The van der Waals surface area contributed by atoms with Crippen molar-refractivity contribution in [3.05, 3.63) is 35.9 Å². The molecular formula is C14H18F3NO. The summed E-state index contributed by atoms with van der Waals surface area (Å²) in [5, 5.41) is 2.72. The maximum Gasteiger partial charge on any atom is 0.407 e. The predicted octanol–water partition coefficient (Wildman–Crippen LogP) is 3.45. The first kappa shape index (κ1) is 14.3. The Hall–Kier alpha value is -1.07. The van der Waals surface area contributed by atoms with Crippen LogP contribution in [0.2, 0.25) is 0 Å². The highest BCUT2D eigenvalue weighted by atomic mass is 19.4. The van der Waals surface area contributed by atoms with Gasteiger partial charge in [-0.25, -0.2) is 0 Å². The normalized spacial score (nSPS) is 25.5. The van der Waals surface area contributed by atoms with E-state index in [1.54, 1.807) is 25.3 Å². The van der Waals surface area contributed by atoms with E-state index >= 15 is 0 Å². The maximum atomic E-state index is 13.2. The van der Waals surface area contributed by atoms with E-state index < -0.39 is 12.2 Å². The lowest BCUT2D eigenvalue weighted by Crippen LogP contribution is -2.44. The third-order valence-electron chi connectivity index (χ3n) is 3.60. The molecule has 0 bridgehead atoms. The highest BCUT2D eigenvalue weighted by Gasteiger charge is 2.43. The Labute approximate surface area is 111 Å². The van der Waals surface area contributed by atoms with Gasteiger partial charge in [-0.15, -0.1) is 0 Å². The fraction of sp³-hybridized carbons (Fsp3) is 0.571. The first-order chi connectivity index (χ1) is 9.02. The molecule has 5 heteroatoms. The summed E-state index contributed by atoms with van der Waals surface area (Å²) in [4.78, 5) is 0. The Kier molecular flexibility index (Phi) is 4.47. The van der Waals surface area contributed by atoms with E-state index in [4.69, 9.17) is 4.74 Å². The van der Waals surface area contributed by atoms with E-state index in [9.17, 15) is 13.2 Å². The van der Waals surface area contributed by atoms with Gasteiger partial charge >= 0.3 is 6.18 Å². The molecule has 106 valence electrons. The fourth-order valence-electron chi connectivity index (χ4n) is 2.64. The summed E-state index contributed by atoms with van der Waals surface area (Å²) in [5.74, 6) is 0. The summed E-state index contributed by atoms with van der Waals surface area (Å²) in [5.41, 5.74) is 0.247. The van der Waals surface area contributed by atoms with Gasteiger partial charge in [-0.1, -0.05) is 30.3 Å². The Morgan fingerprint density at radius 1 is 1.21 bits per heavy atom. The first-order valence-electron chi connectivity index (χ1n) is 6.43. The highest BCUT2D eigenvalue weighted by Crippen LogP contribution is 2.35. The number of alkyl halides is 3. The minimum absolute atomic E-state index is 0.131. The molecule has 3 unspecified atom stereocenters. The van der Waals surface area contributed by atoms with Gasteiger partial charge in [0, 0.05) is 13.2 Å². The van der Waals surface area contributed by atoms with Gasteiger partial charge in [0.25, 0.3) is 0 Å². The van der Waals surface area contributed by atoms with Crippen LogP contribution in [0.3, 0.4) is 0 Å². The molecule has 0 saturated heterocycles.